The van der Waals surface area contributed by atoms with Crippen molar-refractivity contribution in [3.8, 4) is 0 Å². The van der Waals surface area contributed by atoms with Crippen LogP contribution in [0, 0.1) is 0 Å². The lowest BCUT2D eigenvalue weighted by atomic mass is 10.1. The lowest BCUT2D eigenvalue weighted by molar-refractivity contribution is 0.0526. The molecule has 2 aromatic rings. The minimum Gasteiger partial charge on any atom is -0.462 e. The molecule has 156 valence electrons. The van der Waals surface area contributed by atoms with Gasteiger partial charge >= 0.3 is 5.97 Å². The van der Waals surface area contributed by atoms with Gasteiger partial charge in [0.25, 0.3) is 5.78 Å². The van der Waals surface area contributed by atoms with Crippen LogP contribution < -0.4 is 4.90 Å². The van der Waals surface area contributed by atoms with E-state index in [4.69, 9.17) is 4.74 Å². The zero-order chi connectivity index (χ0) is 20.4. The van der Waals surface area contributed by atoms with E-state index in [0.29, 0.717) is 23.8 Å². The van der Waals surface area contributed by atoms with Crippen LogP contribution >= 0.6 is 0 Å². The molecule has 0 aliphatic heterocycles. The van der Waals surface area contributed by atoms with Crippen LogP contribution in [-0.2, 0) is 11.2 Å². The molecule has 0 N–H and O–H groups in total. The lowest BCUT2D eigenvalue weighted by Gasteiger charge is -2.23. The maximum Gasteiger partial charge on any atom is 0.343 e. The summed E-state index contributed by atoms with van der Waals surface area (Å²) >= 11 is 0. The molecule has 0 bridgehead atoms. The Hall–Kier alpha value is -2.18. The smallest absolute Gasteiger partial charge is 0.343 e. The molecule has 2 aromatic heterocycles. The fraction of sp³-hybridized carbons (Fsp3) is 0.714. The van der Waals surface area contributed by atoms with Crippen molar-refractivity contribution in [2.24, 2.45) is 0 Å². The van der Waals surface area contributed by atoms with E-state index in [9.17, 15) is 4.79 Å². The number of hydrogen-bond acceptors (Lipinski definition) is 6. The van der Waals surface area contributed by atoms with Gasteiger partial charge in [0.2, 0.25) is 0 Å². The highest BCUT2D eigenvalue weighted by Gasteiger charge is 2.22. The van der Waals surface area contributed by atoms with Crippen molar-refractivity contribution in [1.29, 1.82) is 0 Å². The molecule has 0 radical (unpaired) electrons. The molecule has 0 saturated heterocycles. The number of hydrogen-bond donors (Lipinski definition) is 0. The Kier molecular flexibility index (Phi) is 9.17. The number of anilines is 1. The summed E-state index contributed by atoms with van der Waals surface area (Å²) in [6.45, 7) is 10.0. The second-order valence-electron chi connectivity index (χ2n) is 7.00. The third-order valence-corrected chi connectivity index (χ3v) is 4.95. The number of aromatic nitrogens is 4. The van der Waals surface area contributed by atoms with E-state index >= 15 is 0 Å². The first-order valence-corrected chi connectivity index (χ1v) is 10.8. The third kappa shape index (κ3) is 5.66. The monoisotopic (exact) mass is 389 g/mol. The Labute approximate surface area is 168 Å². The zero-order valence-electron chi connectivity index (χ0n) is 17.9. The summed E-state index contributed by atoms with van der Waals surface area (Å²) in [5.74, 6) is 1.66. The molecule has 0 aliphatic rings. The summed E-state index contributed by atoms with van der Waals surface area (Å²) in [5.41, 5.74) is 0.436. The van der Waals surface area contributed by atoms with E-state index in [1.807, 2.05) is 0 Å². The molecule has 0 amide bonds. The van der Waals surface area contributed by atoms with Crippen LogP contribution in [0.25, 0.3) is 5.78 Å². The molecule has 7 heteroatoms. The Balaban J connectivity index is 2.16. The van der Waals surface area contributed by atoms with E-state index in [1.54, 1.807) is 17.6 Å². The zero-order valence-corrected chi connectivity index (χ0v) is 17.9. The van der Waals surface area contributed by atoms with Gasteiger partial charge in [-0.05, 0) is 27.2 Å². The summed E-state index contributed by atoms with van der Waals surface area (Å²) < 4.78 is 6.92. The van der Waals surface area contributed by atoms with Crippen LogP contribution in [0.1, 0.15) is 88.8 Å². The molecule has 0 saturated carbocycles. The Bertz CT molecular complexity index is 740. The first kappa shape index (κ1) is 22.1. The standard InChI is InChI=1S/C21H35N5O2/c1-5-9-10-11-12-13-14-15-18-23-21-22-16-17(20(27)28-8-4)19(26(21)24-18)25(6-2)7-3/h16H,5-15H2,1-4H3. The van der Waals surface area contributed by atoms with E-state index in [-0.39, 0.29) is 5.97 Å². The molecule has 2 rings (SSSR count). The van der Waals surface area contributed by atoms with Crippen molar-refractivity contribution in [2.75, 3.05) is 24.6 Å². The van der Waals surface area contributed by atoms with E-state index < -0.39 is 0 Å². The third-order valence-electron chi connectivity index (χ3n) is 4.95. The number of carbonyl (C=O) groups excluding carboxylic acids is 1. The number of nitrogens with zero attached hydrogens (tertiary/aromatic N) is 5. The first-order valence-electron chi connectivity index (χ1n) is 10.8. The first-order chi connectivity index (χ1) is 13.7. The molecule has 0 spiro atoms. The highest BCUT2D eigenvalue weighted by molar-refractivity contribution is 5.95. The second kappa shape index (κ2) is 11.6. The van der Waals surface area contributed by atoms with Gasteiger partial charge in [-0.2, -0.15) is 9.50 Å². The Morgan fingerprint density at radius 2 is 1.71 bits per heavy atom. The highest BCUT2D eigenvalue weighted by atomic mass is 16.5. The number of aryl methyl sites for hydroxylation is 1. The molecule has 7 nitrogen and oxygen atoms in total. The van der Waals surface area contributed by atoms with Crippen LogP contribution in [0.2, 0.25) is 0 Å². The quantitative estimate of drug-likeness (QED) is 0.372. The van der Waals surface area contributed by atoms with Crippen molar-refractivity contribution in [3.63, 3.8) is 0 Å². The molecule has 0 aromatic carbocycles. The largest absolute Gasteiger partial charge is 0.462 e. The van der Waals surface area contributed by atoms with E-state index in [1.165, 1.54) is 38.5 Å². The summed E-state index contributed by atoms with van der Waals surface area (Å²) in [6, 6.07) is 0. The fourth-order valence-electron chi connectivity index (χ4n) is 3.39. The van der Waals surface area contributed by atoms with Gasteiger partial charge in [0, 0.05) is 25.7 Å². The number of ether oxygens (including phenoxy) is 1. The number of fused-ring (bicyclic) bond motifs is 1. The molecular weight excluding hydrogens is 354 g/mol. The van der Waals surface area contributed by atoms with Gasteiger partial charge in [0.05, 0.1) is 6.61 Å². The summed E-state index contributed by atoms with van der Waals surface area (Å²) in [5, 5.41) is 4.67. The average molecular weight is 390 g/mol. The minimum atomic E-state index is -0.372. The summed E-state index contributed by atoms with van der Waals surface area (Å²) in [7, 11) is 0. The van der Waals surface area contributed by atoms with Crippen molar-refractivity contribution in [3.05, 3.63) is 17.6 Å². The van der Waals surface area contributed by atoms with Gasteiger partial charge in [0.1, 0.15) is 11.4 Å². The Morgan fingerprint density at radius 1 is 1.04 bits per heavy atom. The van der Waals surface area contributed by atoms with Crippen molar-refractivity contribution in [1.82, 2.24) is 19.6 Å². The number of esters is 1. The SMILES string of the molecule is CCCCCCCCCc1nc2ncc(C(=O)OCC)c(N(CC)CC)n2n1. The van der Waals surface area contributed by atoms with Gasteiger partial charge < -0.3 is 9.64 Å². The molecule has 0 atom stereocenters. The van der Waals surface area contributed by atoms with Crippen LogP contribution in [-0.4, -0.2) is 45.2 Å². The van der Waals surface area contributed by atoms with Gasteiger partial charge in [-0.15, -0.1) is 5.10 Å². The lowest BCUT2D eigenvalue weighted by Crippen LogP contribution is -2.28. The molecular formula is C21H35N5O2. The fourth-order valence-corrected chi connectivity index (χ4v) is 3.39. The molecule has 28 heavy (non-hydrogen) atoms. The predicted octanol–water partition coefficient (Wildman–Crippen LogP) is 4.44. The topological polar surface area (TPSA) is 72.6 Å². The highest BCUT2D eigenvalue weighted by Crippen LogP contribution is 2.22. The average Bonchev–Trinajstić information content (AvgIpc) is 3.11. The summed E-state index contributed by atoms with van der Waals surface area (Å²) in [4.78, 5) is 23.4. The van der Waals surface area contributed by atoms with Crippen LogP contribution in [0.5, 0.6) is 0 Å². The van der Waals surface area contributed by atoms with Crippen LogP contribution in [0.15, 0.2) is 6.20 Å². The number of carbonyl (C=O) groups is 1. The van der Waals surface area contributed by atoms with Gasteiger partial charge in [-0.3, -0.25) is 0 Å². The molecule has 0 fully saturated rings. The summed E-state index contributed by atoms with van der Waals surface area (Å²) in [6.07, 6.45) is 11.2. The van der Waals surface area contributed by atoms with E-state index in [2.05, 4.69) is 40.7 Å². The van der Waals surface area contributed by atoms with Gasteiger partial charge in [-0.1, -0.05) is 45.4 Å². The van der Waals surface area contributed by atoms with Crippen molar-refractivity contribution < 1.29 is 9.53 Å². The molecule has 2 heterocycles. The predicted molar refractivity (Wildman–Crippen MR) is 112 cm³/mol. The number of unbranched alkanes of at least 4 members (excludes halogenated alkanes) is 6. The van der Waals surface area contributed by atoms with Crippen LogP contribution in [0.3, 0.4) is 0 Å². The normalized spacial score (nSPS) is 11.1. The molecule has 0 unspecified atom stereocenters. The van der Waals surface area contributed by atoms with Crippen molar-refractivity contribution >= 4 is 17.6 Å². The van der Waals surface area contributed by atoms with E-state index in [0.717, 1.165) is 31.8 Å². The van der Waals surface area contributed by atoms with Crippen LogP contribution in [0.4, 0.5) is 5.82 Å². The minimum absolute atomic E-state index is 0.329. The second-order valence-corrected chi connectivity index (χ2v) is 7.00. The maximum absolute atomic E-state index is 12.4. The number of rotatable bonds is 13. The van der Waals surface area contributed by atoms with Crippen molar-refractivity contribution in [2.45, 2.75) is 79.1 Å². The van der Waals surface area contributed by atoms with Gasteiger partial charge in [-0.25, -0.2) is 9.78 Å². The maximum atomic E-state index is 12.4. The Morgan fingerprint density at radius 3 is 2.36 bits per heavy atom. The van der Waals surface area contributed by atoms with Gasteiger partial charge in [0.15, 0.2) is 5.82 Å². The molecule has 0 aliphatic carbocycles.